The topological polar surface area (TPSA) is 41.7 Å². The molecule has 0 N–H and O–H groups in total. The minimum absolute atomic E-state index is 0. The van der Waals surface area contributed by atoms with Gasteiger partial charge in [-0.3, -0.25) is 0 Å². The SMILES string of the molecule is CN(C)Cc1c(OCC2CC2)ccc2c(CCC3CCN(CC4CCCC4)CC3)noc12.Cl.Cl. The number of hydrogen-bond acceptors (Lipinski definition) is 5. The number of hydrogen-bond donors (Lipinski definition) is 0. The molecule has 2 aromatic rings. The summed E-state index contributed by atoms with van der Waals surface area (Å²) >= 11 is 0. The number of aryl methyl sites for hydroxylation is 1. The van der Waals surface area contributed by atoms with Crippen molar-refractivity contribution in [3.05, 3.63) is 23.4 Å². The molecule has 0 radical (unpaired) electrons. The highest BCUT2D eigenvalue weighted by molar-refractivity contribution is 5.86. The number of ether oxygens (including phenoxy) is 1. The maximum absolute atomic E-state index is 6.17. The third-order valence-electron chi connectivity index (χ3n) is 7.91. The average molecular weight is 513 g/mol. The molecule has 0 amide bonds. The standard InChI is InChI=1S/C27H41N3O2.2ClH/c1-29(2)18-24-26(31-19-22-7-8-22)12-10-23-25(28-32-27(23)24)11-9-20-13-15-30(16-14-20)17-21-5-3-4-6-21;;/h10,12,20-22H,3-9,11,13-19H2,1-2H3;2*1H. The molecule has 1 saturated heterocycles. The van der Waals surface area contributed by atoms with Crippen LogP contribution < -0.4 is 4.74 Å². The van der Waals surface area contributed by atoms with Crippen LogP contribution >= 0.6 is 24.8 Å². The molecule has 3 fully saturated rings. The Kier molecular flexibility index (Phi) is 10.4. The van der Waals surface area contributed by atoms with Gasteiger partial charge in [-0.15, -0.1) is 24.8 Å². The molecule has 1 aliphatic heterocycles. The molecular weight excluding hydrogens is 469 g/mol. The quantitative estimate of drug-likeness (QED) is 0.371. The van der Waals surface area contributed by atoms with Gasteiger partial charge in [0.2, 0.25) is 0 Å². The number of nitrogens with zero attached hydrogens (tertiary/aromatic N) is 3. The first kappa shape index (κ1) is 27.6. The summed E-state index contributed by atoms with van der Waals surface area (Å²) in [6.45, 7) is 5.56. The van der Waals surface area contributed by atoms with E-state index in [0.29, 0.717) is 0 Å². The van der Waals surface area contributed by atoms with Crippen LogP contribution in [0.15, 0.2) is 16.7 Å². The van der Waals surface area contributed by atoms with Crippen molar-refractivity contribution in [2.24, 2.45) is 17.8 Å². The van der Waals surface area contributed by atoms with Gasteiger partial charge in [0.05, 0.1) is 17.9 Å². The highest BCUT2D eigenvalue weighted by Crippen LogP contribution is 2.35. The second-order valence-electron chi connectivity index (χ2n) is 11.0. The summed E-state index contributed by atoms with van der Waals surface area (Å²) in [6, 6.07) is 4.32. The van der Waals surface area contributed by atoms with Gasteiger partial charge in [0.1, 0.15) is 5.75 Å². The molecule has 5 rings (SSSR count). The van der Waals surface area contributed by atoms with Crippen LogP contribution in [-0.2, 0) is 13.0 Å². The lowest BCUT2D eigenvalue weighted by molar-refractivity contribution is 0.157. The number of likely N-dealkylation sites (tertiary alicyclic amines) is 1. The number of piperidine rings is 1. The highest BCUT2D eigenvalue weighted by atomic mass is 35.5. The maximum Gasteiger partial charge on any atom is 0.175 e. The summed E-state index contributed by atoms with van der Waals surface area (Å²) in [7, 11) is 4.19. The minimum Gasteiger partial charge on any atom is -0.493 e. The summed E-state index contributed by atoms with van der Waals surface area (Å²) in [5.74, 6) is 3.51. The zero-order chi connectivity index (χ0) is 21.9. The fourth-order valence-corrected chi connectivity index (χ4v) is 5.72. The average Bonchev–Trinajstić information content (AvgIpc) is 3.30. The van der Waals surface area contributed by atoms with Crippen LogP contribution in [0.4, 0.5) is 0 Å². The Labute approximate surface area is 217 Å². The predicted molar refractivity (Wildman–Crippen MR) is 144 cm³/mol. The largest absolute Gasteiger partial charge is 0.493 e. The molecule has 7 heteroatoms. The van der Waals surface area contributed by atoms with Gasteiger partial charge in [-0.2, -0.15) is 0 Å². The van der Waals surface area contributed by atoms with Gasteiger partial charge < -0.3 is 19.1 Å². The first-order valence-corrected chi connectivity index (χ1v) is 13.1. The van der Waals surface area contributed by atoms with Gasteiger partial charge in [-0.25, -0.2) is 0 Å². The van der Waals surface area contributed by atoms with Crippen LogP contribution in [0.25, 0.3) is 11.0 Å². The second-order valence-corrected chi connectivity index (χ2v) is 11.0. The van der Waals surface area contributed by atoms with Crippen LogP contribution in [0, 0.1) is 17.8 Å². The van der Waals surface area contributed by atoms with Crippen molar-refractivity contribution in [1.29, 1.82) is 0 Å². The van der Waals surface area contributed by atoms with E-state index in [4.69, 9.17) is 9.26 Å². The number of aromatic nitrogens is 1. The normalized spacial score (nSPS) is 20.0. The predicted octanol–water partition coefficient (Wildman–Crippen LogP) is 6.36. The Morgan fingerprint density at radius 1 is 0.971 bits per heavy atom. The van der Waals surface area contributed by atoms with E-state index in [1.165, 1.54) is 82.8 Å². The van der Waals surface area contributed by atoms with E-state index < -0.39 is 0 Å². The molecule has 0 unspecified atom stereocenters. The summed E-state index contributed by atoms with van der Waals surface area (Å²) in [5, 5.41) is 5.70. The van der Waals surface area contributed by atoms with Crippen molar-refractivity contribution in [2.45, 2.75) is 70.8 Å². The molecule has 0 bridgehead atoms. The summed E-state index contributed by atoms with van der Waals surface area (Å²) < 4.78 is 12.1. The molecule has 5 nitrogen and oxygen atoms in total. The van der Waals surface area contributed by atoms with Crippen molar-refractivity contribution in [2.75, 3.05) is 40.3 Å². The summed E-state index contributed by atoms with van der Waals surface area (Å²) in [5.41, 5.74) is 3.20. The molecule has 0 atom stereocenters. The molecular formula is C27H43Cl2N3O2. The van der Waals surface area contributed by atoms with E-state index in [0.717, 1.165) is 59.9 Å². The Hall–Kier alpha value is -1.01. The van der Waals surface area contributed by atoms with Crippen LogP contribution in [0.3, 0.4) is 0 Å². The molecule has 0 spiro atoms. The minimum atomic E-state index is 0. The van der Waals surface area contributed by atoms with Gasteiger partial charge >= 0.3 is 0 Å². The smallest absolute Gasteiger partial charge is 0.175 e. The first-order valence-electron chi connectivity index (χ1n) is 13.1. The molecule has 2 heterocycles. The lowest BCUT2D eigenvalue weighted by atomic mass is 9.90. The molecule has 34 heavy (non-hydrogen) atoms. The van der Waals surface area contributed by atoms with Gasteiger partial charge in [-0.1, -0.05) is 18.0 Å². The molecule has 192 valence electrons. The Balaban J connectivity index is 0.00000162. The van der Waals surface area contributed by atoms with Crippen molar-refractivity contribution < 1.29 is 9.26 Å². The van der Waals surface area contributed by atoms with Crippen molar-refractivity contribution in [3.63, 3.8) is 0 Å². The van der Waals surface area contributed by atoms with Crippen LogP contribution in [0.5, 0.6) is 5.75 Å². The molecule has 1 aromatic heterocycles. The third kappa shape index (κ3) is 7.02. The van der Waals surface area contributed by atoms with E-state index in [-0.39, 0.29) is 24.8 Å². The first-order chi connectivity index (χ1) is 15.7. The summed E-state index contributed by atoms with van der Waals surface area (Å²) in [6.07, 6.45) is 13.4. The van der Waals surface area contributed by atoms with E-state index >= 15 is 0 Å². The fraction of sp³-hybridized carbons (Fsp3) is 0.741. The van der Waals surface area contributed by atoms with Crippen LogP contribution in [0.1, 0.15) is 69.0 Å². The molecule has 2 saturated carbocycles. The lowest BCUT2D eigenvalue weighted by Gasteiger charge is -2.33. The highest BCUT2D eigenvalue weighted by Gasteiger charge is 2.25. The van der Waals surface area contributed by atoms with Crippen molar-refractivity contribution >= 4 is 35.8 Å². The molecule has 3 aliphatic rings. The molecule has 1 aromatic carbocycles. The Bertz CT molecular complexity index is 885. The van der Waals surface area contributed by atoms with Crippen LogP contribution in [0.2, 0.25) is 0 Å². The van der Waals surface area contributed by atoms with E-state index in [1.54, 1.807) is 0 Å². The van der Waals surface area contributed by atoms with Crippen molar-refractivity contribution in [3.8, 4) is 5.75 Å². The monoisotopic (exact) mass is 511 g/mol. The molecule has 2 aliphatic carbocycles. The Morgan fingerprint density at radius 2 is 1.71 bits per heavy atom. The maximum atomic E-state index is 6.17. The van der Waals surface area contributed by atoms with E-state index in [1.807, 2.05) is 0 Å². The fourth-order valence-electron chi connectivity index (χ4n) is 5.72. The van der Waals surface area contributed by atoms with Gasteiger partial charge in [0.15, 0.2) is 5.58 Å². The third-order valence-corrected chi connectivity index (χ3v) is 7.91. The number of rotatable bonds is 10. The number of benzene rings is 1. The second kappa shape index (κ2) is 12.8. The van der Waals surface area contributed by atoms with Crippen LogP contribution in [-0.4, -0.2) is 55.3 Å². The number of halogens is 2. The zero-order valence-corrected chi connectivity index (χ0v) is 22.6. The zero-order valence-electron chi connectivity index (χ0n) is 21.0. The lowest BCUT2D eigenvalue weighted by Crippen LogP contribution is -2.36. The number of fused-ring (bicyclic) bond motifs is 1. The van der Waals surface area contributed by atoms with Crippen molar-refractivity contribution in [1.82, 2.24) is 15.0 Å². The summed E-state index contributed by atoms with van der Waals surface area (Å²) in [4.78, 5) is 4.91. The van der Waals surface area contributed by atoms with E-state index in [9.17, 15) is 0 Å². The van der Waals surface area contributed by atoms with E-state index in [2.05, 4.69) is 41.2 Å². The van der Waals surface area contributed by atoms with Gasteiger partial charge in [0, 0.05) is 18.5 Å². The Morgan fingerprint density at radius 3 is 2.38 bits per heavy atom. The van der Waals surface area contributed by atoms with Gasteiger partial charge in [-0.05, 0) is 108 Å². The van der Waals surface area contributed by atoms with Gasteiger partial charge in [0.25, 0.3) is 0 Å².